The molecule has 29 heavy (non-hydrogen) atoms. The maximum Gasteiger partial charge on any atom is 0.257 e. The van der Waals surface area contributed by atoms with Crippen molar-refractivity contribution in [3.8, 4) is 11.1 Å². The molecule has 6 nitrogen and oxygen atoms in total. The van der Waals surface area contributed by atoms with E-state index in [2.05, 4.69) is 15.5 Å². The number of H-pyrrole nitrogens is 1. The number of aromatic amines is 1. The standard InChI is InChI=1S/C22H21FN4O2/c23-19-8-6-15(7-9-19)16-3-1-5-20(11-16)26-21(28)17-4-2-10-27(14-17)22(29)18-12-24-25-13-18/h1,3,5-9,11-13,17H,2,4,10,14H2,(H,24,25)(H,26,28)/t17-/m0/s1. The summed E-state index contributed by atoms with van der Waals surface area (Å²) < 4.78 is 13.1. The molecule has 7 heteroatoms. The Balaban J connectivity index is 1.43. The fourth-order valence-corrected chi connectivity index (χ4v) is 3.59. The average molecular weight is 392 g/mol. The second-order valence-corrected chi connectivity index (χ2v) is 7.15. The number of hydrogen-bond acceptors (Lipinski definition) is 3. The molecule has 2 aromatic carbocycles. The van der Waals surface area contributed by atoms with Crippen molar-refractivity contribution in [2.45, 2.75) is 12.8 Å². The molecule has 0 unspecified atom stereocenters. The Hall–Kier alpha value is -3.48. The van der Waals surface area contributed by atoms with E-state index in [4.69, 9.17) is 0 Å². The number of nitrogens with zero attached hydrogens (tertiary/aromatic N) is 2. The van der Waals surface area contributed by atoms with Crippen molar-refractivity contribution in [2.75, 3.05) is 18.4 Å². The Morgan fingerprint density at radius 2 is 1.97 bits per heavy atom. The number of nitrogens with one attached hydrogen (secondary N) is 2. The van der Waals surface area contributed by atoms with Crippen LogP contribution in [0.2, 0.25) is 0 Å². The lowest BCUT2D eigenvalue weighted by atomic mass is 9.96. The number of hydrogen-bond donors (Lipinski definition) is 2. The largest absolute Gasteiger partial charge is 0.338 e. The minimum Gasteiger partial charge on any atom is -0.338 e. The van der Waals surface area contributed by atoms with E-state index in [0.29, 0.717) is 24.3 Å². The zero-order valence-corrected chi connectivity index (χ0v) is 15.8. The first-order valence-corrected chi connectivity index (χ1v) is 9.55. The highest BCUT2D eigenvalue weighted by Crippen LogP contribution is 2.25. The minimum absolute atomic E-state index is 0.106. The Morgan fingerprint density at radius 1 is 1.14 bits per heavy atom. The van der Waals surface area contributed by atoms with Crippen molar-refractivity contribution in [2.24, 2.45) is 5.92 Å². The highest BCUT2D eigenvalue weighted by atomic mass is 19.1. The van der Waals surface area contributed by atoms with Crippen LogP contribution in [0.4, 0.5) is 10.1 Å². The third-order valence-corrected chi connectivity index (χ3v) is 5.13. The molecule has 2 heterocycles. The third kappa shape index (κ3) is 4.34. The number of rotatable bonds is 4. The van der Waals surface area contributed by atoms with Gasteiger partial charge in [-0.3, -0.25) is 14.7 Å². The summed E-state index contributed by atoms with van der Waals surface area (Å²) in [5.41, 5.74) is 2.94. The molecular formula is C22H21FN4O2. The number of amides is 2. The van der Waals surface area contributed by atoms with E-state index in [1.165, 1.54) is 18.3 Å². The van der Waals surface area contributed by atoms with E-state index < -0.39 is 0 Å². The number of aromatic nitrogens is 2. The Morgan fingerprint density at radius 3 is 2.72 bits per heavy atom. The molecule has 0 aliphatic carbocycles. The highest BCUT2D eigenvalue weighted by molar-refractivity contribution is 5.96. The zero-order chi connectivity index (χ0) is 20.2. The summed E-state index contributed by atoms with van der Waals surface area (Å²) in [6.07, 6.45) is 4.57. The number of benzene rings is 2. The van der Waals surface area contributed by atoms with Crippen LogP contribution in [0.1, 0.15) is 23.2 Å². The quantitative estimate of drug-likeness (QED) is 0.711. The normalized spacial score (nSPS) is 16.4. The maximum atomic E-state index is 13.1. The number of anilines is 1. The van der Waals surface area contributed by atoms with E-state index in [-0.39, 0.29) is 23.5 Å². The van der Waals surface area contributed by atoms with Gasteiger partial charge in [-0.25, -0.2) is 4.39 Å². The lowest BCUT2D eigenvalue weighted by Crippen LogP contribution is -2.43. The first-order chi connectivity index (χ1) is 14.1. The fourth-order valence-electron chi connectivity index (χ4n) is 3.59. The van der Waals surface area contributed by atoms with Gasteiger partial charge in [0.25, 0.3) is 5.91 Å². The van der Waals surface area contributed by atoms with E-state index in [9.17, 15) is 14.0 Å². The van der Waals surface area contributed by atoms with Gasteiger partial charge in [0.1, 0.15) is 5.82 Å². The molecule has 1 aliphatic rings. The smallest absolute Gasteiger partial charge is 0.257 e. The maximum absolute atomic E-state index is 13.1. The Kier molecular flexibility index (Phi) is 5.37. The van der Waals surface area contributed by atoms with Gasteiger partial charge in [-0.1, -0.05) is 24.3 Å². The summed E-state index contributed by atoms with van der Waals surface area (Å²) in [5, 5.41) is 9.41. The van der Waals surface area contributed by atoms with E-state index >= 15 is 0 Å². The van der Waals surface area contributed by atoms with Gasteiger partial charge in [0, 0.05) is 25.0 Å². The number of halogens is 1. The Labute approximate surface area is 167 Å². The molecular weight excluding hydrogens is 371 g/mol. The molecule has 1 fully saturated rings. The van der Waals surface area contributed by atoms with Gasteiger partial charge in [-0.05, 0) is 48.2 Å². The first-order valence-electron chi connectivity index (χ1n) is 9.55. The van der Waals surface area contributed by atoms with E-state index in [1.807, 2.05) is 24.3 Å². The van der Waals surface area contributed by atoms with E-state index in [0.717, 1.165) is 24.0 Å². The molecule has 1 aliphatic heterocycles. The number of carbonyl (C=O) groups excluding carboxylic acids is 2. The van der Waals surface area contributed by atoms with Gasteiger partial charge in [0.05, 0.1) is 17.7 Å². The van der Waals surface area contributed by atoms with Crippen LogP contribution in [0.5, 0.6) is 0 Å². The zero-order valence-electron chi connectivity index (χ0n) is 15.8. The summed E-state index contributed by atoms with van der Waals surface area (Å²) in [5.74, 6) is -0.778. The number of likely N-dealkylation sites (tertiary alicyclic amines) is 1. The molecule has 2 N–H and O–H groups in total. The molecule has 4 rings (SSSR count). The summed E-state index contributed by atoms with van der Waals surface area (Å²) in [6.45, 7) is 1.02. The molecule has 2 amide bonds. The van der Waals surface area contributed by atoms with Crippen molar-refractivity contribution in [3.63, 3.8) is 0 Å². The Bertz CT molecular complexity index is 1000. The fraction of sp³-hybridized carbons (Fsp3) is 0.227. The lowest BCUT2D eigenvalue weighted by molar-refractivity contribution is -0.121. The van der Waals surface area contributed by atoms with Crippen molar-refractivity contribution >= 4 is 17.5 Å². The van der Waals surface area contributed by atoms with Gasteiger partial charge in [0.15, 0.2) is 0 Å². The van der Waals surface area contributed by atoms with Crippen LogP contribution in [0.25, 0.3) is 11.1 Å². The predicted molar refractivity (Wildman–Crippen MR) is 108 cm³/mol. The van der Waals surface area contributed by atoms with Gasteiger partial charge >= 0.3 is 0 Å². The number of carbonyl (C=O) groups is 2. The van der Waals surface area contributed by atoms with Gasteiger partial charge in [0.2, 0.25) is 5.91 Å². The average Bonchev–Trinajstić information content (AvgIpc) is 3.29. The van der Waals surface area contributed by atoms with Gasteiger partial charge in [-0.2, -0.15) is 5.10 Å². The summed E-state index contributed by atoms with van der Waals surface area (Å²) in [4.78, 5) is 27.0. The second kappa shape index (κ2) is 8.26. The van der Waals surface area contributed by atoms with Crippen LogP contribution < -0.4 is 5.32 Å². The van der Waals surface area contributed by atoms with Crippen LogP contribution in [0, 0.1) is 11.7 Å². The van der Waals surface area contributed by atoms with Gasteiger partial charge < -0.3 is 10.2 Å². The summed E-state index contributed by atoms with van der Waals surface area (Å²) >= 11 is 0. The lowest BCUT2D eigenvalue weighted by Gasteiger charge is -2.31. The predicted octanol–water partition coefficient (Wildman–Crippen LogP) is 3.71. The first kappa shape index (κ1) is 18.9. The second-order valence-electron chi connectivity index (χ2n) is 7.15. The number of piperidine rings is 1. The van der Waals surface area contributed by atoms with Gasteiger partial charge in [-0.15, -0.1) is 0 Å². The van der Waals surface area contributed by atoms with Crippen molar-refractivity contribution in [1.82, 2.24) is 15.1 Å². The van der Waals surface area contributed by atoms with Crippen molar-refractivity contribution in [3.05, 3.63) is 72.3 Å². The summed E-state index contributed by atoms with van der Waals surface area (Å²) in [6, 6.07) is 13.7. The molecule has 3 aromatic rings. The minimum atomic E-state index is -0.287. The van der Waals surface area contributed by atoms with Crippen LogP contribution in [0.15, 0.2) is 60.9 Å². The molecule has 0 spiro atoms. The van der Waals surface area contributed by atoms with Crippen LogP contribution in [-0.4, -0.2) is 40.0 Å². The van der Waals surface area contributed by atoms with Crippen molar-refractivity contribution in [1.29, 1.82) is 0 Å². The van der Waals surface area contributed by atoms with Crippen LogP contribution in [0.3, 0.4) is 0 Å². The monoisotopic (exact) mass is 392 g/mol. The SMILES string of the molecule is O=C(Nc1cccc(-c2ccc(F)cc2)c1)[C@H]1CCCN(C(=O)c2cn[nH]c2)C1. The molecule has 0 radical (unpaired) electrons. The molecule has 0 saturated carbocycles. The molecule has 1 saturated heterocycles. The molecule has 1 aromatic heterocycles. The van der Waals surface area contributed by atoms with Crippen LogP contribution in [-0.2, 0) is 4.79 Å². The summed E-state index contributed by atoms with van der Waals surface area (Å²) in [7, 11) is 0. The van der Waals surface area contributed by atoms with E-state index in [1.54, 1.807) is 23.2 Å². The van der Waals surface area contributed by atoms with Crippen LogP contribution >= 0.6 is 0 Å². The topological polar surface area (TPSA) is 78.1 Å². The van der Waals surface area contributed by atoms with Crippen molar-refractivity contribution < 1.29 is 14.0 Å². The molecule has 1 atom stereocenters. The molecule has 148 valence electrons. The highest BCUT2D eigenvalue weighted by Gasteiger charge is 2.29. The third-order valence-electron chi connectivity index (χ3n) is 5.13. The molecule has 0 bridgehead atoms.